The zero-order valence-corrected chi connectivity index (χ0v) is 60.3. The van der Waals surface area contributed by atoms with Crippen LogP contribution in [0.2, 0.25) is 0 Å². The molecule has 28 heteroatoms. The number of nitrogens with one attached hydrogen (secondary N) is 3. The molecule has 5 heterocycles. The van der Waals surface area contributed by atoms with Gasteiger partial charge in [0.1, 0.15) is 54.7 Å². The van der Waals surface area contributed by atoms with Crippen molar-refractivity contribution >= 4 is 46.1 Å². The van der Waals surface area contributed by atoms with Crippen molar-refractivity contribution in [2.45, 2.75) is 127 Å². The molecular weight excluding hydrogens is 1370 g/mol. The lowest BCUT2D eigenvalue weighted by atomic mass is 9.80. The summed E-state index contributed by atoms with van der Waals surface area (Å²) in [5, 5.41) is 25.2. The molecule has 6 aromatic carbocycles. The lowest BCUT2D eigenvalue weighted by Gasteiger charge is -2.37. The molecular formula is C76H81N11O15P2. The highest BCUT2D eigenvalue weighted by molar-refractivity contribution is 7.44. The number of methoxy groups -OCH3 is 2. The van der Waals surface area contributed by atoms with Crippen LogP contribution in [0.15, 0.2) is 180 Å². The largest absolute Gasteiger partial charge is 0.497 e. The first-order valence-corrected chi connectivity index (χ1v) is 36.4. The Hall–Kier alpha value is -9.63. The van der Waals surface area contributed by atoms with Crippen molar-refractivity contribution in [3.8, 4) is 34.8 Å². The molecule has 2 fully saturated rings. The summed E-state index contributed by atoms with van der Waals surface area (Å²) in [5.41, 5.74) is 6.15. The van der Waals surface area contributed by atoms with E-state index in [1.165, 1.54) is 17.1 Å². The SMILES string of the molecule is COc1ccc(C(OC[C@H]2O[C@@H](n3cc(C)c(=O)[nH]c3=O)C[C@H]2OP(OCCC#N)OC[C@H]2O[C@@H](n3cnc4c(NC(=O)c5ccc(CNC(=O)OCC6c7ccccc7-c7ccccc76)cc5)ncnc43)C[C@H]2OP(OCCC#N)N(C(C)C)C(C)C)(c2ccccc2)c2ccc(OC)cc2)cc1. The minimum Gasteiger partial charge on any atom is -0.497 e. The van der Waals surface area contributed by atoms with Crippen LogP contribution < -0.4 is 31.4 Å². The number of imidazole rings is 1. The molecule has 0 spiro atoms. The van der Waals surface area contributed by atoms with Crippen molar-refractivity contribution in [3.05, 3.63) is 236 Å². The lowest BCUT2D eigenvalue weighted by Crippen LogP contribution is -2.38. The summed E-state index contributed by atoms with van der Waals surface area (Å²) < 4.78 is 76.8. The third kappa shape index (κ3) is 16.8. The summed E-state index contributed by atoms with van der Waals surface area (Å²) in [4.78, 5) is 69.6. The van der Waals surface area contributed by atoms with E-state index in [-0.39, 0.29) is 100 Å². The van der Waals surface area contributed by atoms with Gasteiger partial charge in [0.2, 0.25) is 0 Å². The van der Waals surface area contributed by atoms with Crippen LogP contribution >= 0.6 is 17.1 Å². The zero-order valence-electron chi connectivity index (χ0n) is 58.5. The van der Waals surface area contributed by atoms with Gasteiger partial charge < -0.3 is 61.7 Å². The number of hydrogen-bond acceptors (Lipinski definition) is 21. The maximum atomic E-state index is 14.0. The van der Waals surface area contributed by atoms with E-state index in [1.54, 1.807) is 56.3 Å². The molecule has 0 saturated carbocycles. The Labute approximate surface area is 604 Å². The first kappa shape index (κ1) is 74.1. The van der Waals surface area contributed by atoms with Gasteiger partial charge in [0.15, 0.2) is 17.0 Å². The Kier molecular flexibility index (Phi) is 24.4. The first-order valence-electron chi connectivity index (χ1n) is 34.2. The molecule has 26 nitrogen and oxygen atoms in total. The van der Waals surface area contributed by atoms with E-state index in [0.717, 1.165) is 44.5 Å². The summed E-state index contributed by atoms with van der Waals surface area (Å²) >= 11 is 0. The predicted molar refractivity (Wildman–Crippen MR) is 387 cm³/mol. The quantitative estimate of drug-likeness (QED) is 0.0200. The van der Waals surface area contributed by atoms with E-state index in [2.05, 4.69) is 66.7 Å². The van der Waals surface area contributed by atoms with Gasteiger partial charge in [-0.3, -0.25) is 23.7 Å². The first-order chi connectivity index (χ1) is 50.6. The highest BCUT2D eigenvalue weighted by Gasteiger charge is 2.47. The number of ether oxygens (including phenoxy) is 6. The smallest absolute Gasteiger partial charge is 0.407 e. The molecule has 0 radical (unpaired) electrons. The highest BCUT2D eigenvalue weighted by atomic mass is 31.2. The Balaban J connectivity index is 0.787. The number of aryl methyl sites for hydroxylation is 1. The van der Waals surface area contributed by atoms with Crippen molar-refractivity contribution in [2.75, 3.05) is 52.6 Å². The predicted octanol–water partition coefficient (Wildman–Crippen LogP) is 12.8. The summed E-state index contributed by atoms with van der Waals surface area (Å²) in [5.74, 6) is 0.839. The van der Waals surface area contributed by atoms with Gasteiger partial charge in [0.25, 0.3) is 20.0 Å². The number of nitriles is 2. The second-order valence-corrected chi connectivity index (χ2v) is 28.1. The number of hydrogen-bond donors (Lipinski definition) is 3. The second kappa shape index (κ2) is 34.3. The monoisotopic (exact) mass is 1450 g/mol. The fourth-order valence-corrected chi connectivity index (χ4v) is 16.1. The van der Waals surface area contributed by atoms with Crippen LogP contribution in [0.25, 0.3) is 22.3 Å². The highest BCUT2D eigenvalue weighted by Crippen LogP contribution is 2.53. The Bertz CT molecular complexity index is 4530. The molecule has 3 aromatic heterocycles. The van der Waals surface area contributed by atoms with Crippen LogP contribution in [0.4, 0.5) is 10.6 Å². The number of rotatable bonds is 32. The van der Waals surface area contributed by atoms with Crippen LogP contribution in [0.5, 0.6) is 11.5 Å². The van der Waals surface area contributed by atoms with E-state index in [4.69, 9.17) is 56.0 Å². The zero-order chi connectivity index (χ0) is 72.9. The van der Waals surface area contributed by atoms with E-state index < -0.39 is 82.9 Å². The van der Waals surface area contributed by atoms with Crippen LogP contribution in [0.1, 0.15) is 121 Å². The molecule has 9 aromatic rings. The number of aromatic nitrogens is 6. The molecule has 12 rings (SSSR count). The number of aromatic amines is 1. The average molecular weight is 1450 g/mol. The van der Waals surface area contributed by atoms with Crippen LogP contribution in [0, 0.1) is 29.6 Å². The standard InChI is InChI=1S/C76H81N11O15P2/c1-48(2)87(49(3)4)103(96-37-15-35-77)101-63-39-68(86-47-82-69-70(80-46-81-71(69)86)83-73(89)52-25-23-51(24-26-52)41-79-75(91)94-43-62-60-21-13-11-19-58(60)59-20-12-14-22-61(59)62)100-66(63)45-98-104(97-38-16-36-78)102-64-40-67(85-42-50(5)72(88)84-74(85)90)99-65(64)44-95-76(53-17-9-8-10-18-53,54-27-31-56(92-6)32-28-54)55-29-33-57(93-7)34-30-55/h8-14,17-34,42,46-49,62-68H,15-16,37-41,43-45H2,1-7H3,(H,79,91)(H,84,88,90)(H,80,81,83,89)/t63-,64-,65-,66-,67-,68-,103?,104?/m1/s1. The van der Waals surface area contributed by atoms with E-state index in [0.29, 0.717) is 22.7 Å². The van der Waals surface area contributed by atoms with E-state index in [1.807, 2.05) is 131 Å². The van der Waals surface area contributed by atoms with Gasteiger partial charge in [-0.2, -0.15) is 10.5 Å². The molecule has 1 aliphatic carbocycles. The Morgan fingerprint density at radius 2 is 1.26 bits per heavy atom. The van der Waals surface area contributed by atoms with Crippen molar-refractivity contribution in [1.29, 1.82) is 10.5 Å². The number of alkyl carbamates (subject to hydrolysis) is 1. The lowest BCUT2D eigenvalue weighted by molar-refractivity contribution is -0.0939. The van der Waals surface area contributed by atoms with E-state index in [9.17, 15) is 29.7 Å². The molecule has 540 valence electrons. The number of nitrogens with zero attached hydrogens (tertiary/aromatic N) is 8. The van der Waals surface area contributed by atoms with Gasteiger partial charge in [-0.25, -0.2) is 29.2 Å². The normalized spacial score (nSPS) is 18.4. The van der Waals surface area contributed by atoms with Gasteiger partial charge in [-0.05, 0) is 116 Å². The van der Waals surface area contributed by atoms with Crippen molar-refractivity contribution in [1.82, 2.24) is 39.1 Å². The average Bonchev–Trinajstić information content (AvgIpc) is 0.939. The molecule has 2 saturated heterocycles. The van der Waals surface area contributed by atoms with Gasteiger partial charge in [0, 0.05) is 54.7 Å². The third-order valence-corrected chi connectivity index (χ3v) is 21.6. The molecule has 3 N–H and O–H groups in total. The molecule has 104 heavy (non-hydrogen) atoms. The third-order valence-electron chi connectivity index (χ3n) is 18.2. The molecule has 8 atom stereocenters. The Morgan fingerprint density at radius 1 is 0.683 bits per heavy atom. The van der Waals surface area contributed by atoms with Crippen molar-refractivity contribution in [3.63, 3.8) is 0 Å². The molecule has 0 bridgehead atoms. The number of amides is 2. The fraction of sp³-hybridized carbons (Fsp3) is 0.355. The molecule has 2 amide bonds. The van der Waals surface area contributed by atoms with Gasteiger partial charge in [0.05, 0.1) is 84.2 Å². The second-order valence-electron chi connectivity index (χ2n) is 25.5. The number of H-pyrrole nitrogens is 1. The van der Waals surface area contributed by atoms with Gasteiger partial charge >= 0.3 is 20.4 Å². The number of benzene rings is 6. The maximum Gasteiger partial charge on any atom is 0.407 e. The fourth-order valence-electron chi connectivity index (χ4n) is 13.2. The van der Waals surface area contributed by atoms with Crippen molar-refractivity contribution < 1.29 is 60.6 Å². The Morgan fingerprint density at radius 3 is 1.88 bits per heavy atom. The number of carbonyl (C=O) groups excluding carboxylic acids is 2. The van der Waals surface area contributed by atoms with Crippen molar-refractivity contribution in [2.24, 2.45) is 0 Å². The molecule has 3 aliphatic rings. The number of fused-ring (bicyclic) bond motifs is 4. The molecule has 2 unspecified atom stereocenters. The number of anilines is 1. The summed E-state index contributed by atoms with van der Waals surface area (Å²) in [6.07, 6.45) is -1.27. The summed E-state index contributed by atoms with van der Waals surface area (Å²) in [6, 6.07) is 52.1. The minimum atomic E-state index is -2.41. The summed E-state index contributed by atoms with van der Waals surface area (Å²) in [6.45, 7) is 9.70. The topological polar surface area (TPSA) is 309 Å². The van der Waals surface area contributed by atoms with Gasteiger partial charge in [-0.1, -0.05) is 115 Å². The van der Waals surface area contributed by atoms with Crippen LogP contribution in [0.3, 0.4) is 0 Å². The summed E-state index contributed by atoms with van der Waals surface area (Å²) in [7, 11) is -1.07. The van der Waals surface area contributed by atoms with E-state index >= 15 is 0 Å². The van der Waals surface area contributed by atoms with Gasteiger partial charge in [-0.15, -0.1) is 0 Å². The number of carbonyl (C=O) groups is 2. The molecule has 2 aliphatic heterocycles. The minimum absolute atomic E-state index is 0.0227. The van der Waals surface area contributed by atoms with Crippen LogP contribution in [-0.4, -0.2) is 129 Å². The van der Waals surface area contributed by atoms with Crippen LogP contribution in [-0.2, 0) is 53.7 Å². The maximum absolute atomic E-state index is 14.0.